The Labute approximate surface area is 206 Å². The molecule has 1 aliphatic heterocycles. The second-order valence-corrected chi connectivity index (χ2v) is 9.21. The molecule has 0 N–H and O–H groups in total. The number of aryl methyl sites for hydroxylation is 1. The molecule has 34 heavy (non-hydrogen) atoms. The number of nitrogens with zero attached hydrogens (tertiary/aromatic N) is 4. The Morgan fingerprint density at radius 3 is 2.21 bits per heavy atom. The minimum atomic E-state index is 0.0348. The molecule has 0 aliphatic carbocycles. The fourth-order valence-corrected chi connectivity index (χ4v) is 4.74. The first-order valence-electron chi connectivity index (χ1n) is 11.9. The molecule has 178 valence electrons. The molecule has 0 unspecified atom stereocenters. The first kappa shape index (κ1) is 24.0. The highest BCUT2D eigenvalue weighted by atomic mass is 35.5. The third-order valence-corrected chi connectivity index (χ3v) is 7.05. The van der Waals surface area contributed by atoms with Crippen molar-refractivity contribution in [2.45, 2.75) is 46.1 Å². The molecule has 0 radical (unpaired) electrons. The normalized spacial score (nSPS) is 14.3. The number of piperidine rings is 1. The molecule has 1 saturated heterocycles. The Balaban J connectivity index is 1.44. The molecule has 2 amide bonds. The number of hydrogen-bond donors (Lipinski definition) is 0. The van der Waals surface area contributed by atoms with Gasteiger partial charge in [0, 0.05) is 36.8 Å². The van der Waals surface area contributed by atoms with Crippen LogP contribution in [0.4, 0.5) is 0 Å². The molecule has 4 rings (SSSR count). The van der Waals surface area contributed by atoms with E-state index in [0.29, 0.717) is 35.8 Å². The van der Waals surface area contributed by atoms with Gasteiger partial charge < -0.3 is 9.80 Å². The van der Waals surface area contributed by atoms with Crippen molar-refractivity contribution in [2.75, 3.05) is 19.6 Å². The summed E-state index contributed by atoms with van der Waals surface area (Å²) in [5.41, 5.74) is 3.91. The van der Waals surface area contributed by atoms with Gasteiger partial charge in [0.25, 0.3) is 11.8 Å². The van der Waals surface area contributed by atoms with Crippen LogP contribution in [-0.2, 0) is 0 Å². The zero-order valence-corrected chi connectivity index (χ0v) is 20.8. The van der Waals surface area contributed by atoms with Crippen LogP contribution in [0, 0.1) is 13.8 Å². The molecule has 2 aromatic carbocycles. The molecule has 3 aromatic rings. The van der Waals surface area contributed by atoms with Crippen LogP contribution in [0.25, 0.3) is 5.69 Å². The third kappa shape index (κ3) is 4.87. The lowest BCUT2D eigenvalue weighted by atomic mass is 10.0. The van der Waals surface area contributed by atoms with Crippen LogP contribution in [0.5, 0.6) is 0 Å². The van der Waals surface area contributed by atoms with E-state index in [1.807, 2.05) is 78.2 Å². The molecular formula is C27H31ClN4O2. The number of rotatable bonds is 6. The first-order chi connectivity index (χ1) is 16.4. The van der Waals surface area contributed by atoms with Crippen molar-refractivity contribution in [1.82, 2.24) is 19.6 Å². The summed E-state index contributed by atoms with van der Waals surface area (Å²) in [5.74, 6) is 0.0971. The van der Waals surface area contributed by atoms with Crippen LogP contribution in [0.1, 0.15) is 58.3 Å². The van der Waals surface area contributed by atoms with Gasteiger partial charge in [0.15, 0.2) is 0 Å². The number of aromatic nitrogens is 2. The fraction of sp³-hybridized carbons (Fsp3) is 0.370. The molecule has 0 atom stereocenters. The quantitative estimate of drug-likeness (QED) is 0.483. The molecule has 0 spiro atoms. The summed E-state index contributed by atoms with van der Waals surface area (Å²) in [7, 11) is 0. The average Bonchev–Trinajstić information content (AvgIpc) is 3.14. The Kier molecular flexibility index (Phi) is 7.37. The highest BCUT2D eigenvalue weighted by Gasteiger charge is 2.30. The summed E-state index contributed by atoms with van der Waals surface area (Å²) in [4.78, 5) is 30.1. The lowest BCUT2D eigenvalue weighted by molar-refractivity contribution is 0.0519. The largest absolute Gasteiger partial charge is 0.338 e. The lowest BCUT2D eigenvalue weighted by Gasteiger charge is -2.38. The summed E-state index contributed by atoms with van der Waals surface area (Å²) < 4.78 is 1.80. The predicted octanol–water partition coefficient (Wildman–Crippen LogP) is 5.30. The monoisotopic (exact) mass is 478 g/mol. The highest BCUT2D eigenvalue weighted by molar-refractivity contribution is 6.31. The van der Waals surface area contributed by atoms with Gasteiger partial charge in [0.05, 0.1) is 22.1 Å². The summed E-state index contributed by atoms with van der Waals surface area (Å²) in [5, 5.41) is 5.15. The Bertz CT molecular complexity index is 1150. The fourth-order valence-electron chi connectivity index (χ4n) is 4.62. The van der Waals surface area contributed by atoms with Crippen LogP contribution in [-0.4, -0.2) is 57.1 Å². The van der Waals surface area contributed by atoms with Crippen molar-refractivity contribution in [3.05, 3.63) is 82.1 Å². The molecule has 0 saturated carbocycles. The maximum absolute atomic E-state index is 13.4. The van der Waals surface area contributed by atoms with Crippen molar-refractivity contribution in [3.63, 3.8) is 0 Å². The number of halogens is 1. The summed E-state index contributed by atoms with van der Waals surface area (Å²) in [6.45, 7) is 7.91. The van der Waals surface area contributed by atoms with Crippen molar-refractivity contribution in [1.29, 1.82) is 0 Å². The van der Waals surface area contributed by atoms with E-state index in [4.69, 9.17) is 11.6 Å². The van der Waals surface area contributed by atoms with Gasteiger partial charge in [0.2, 0.25) is 0 Å². The van der Waals surface area contributed by atoms with Crippen LogP contribution in [0.15, 0.2) is 54.6 Å². The second kappa shape index (κ2) is 10.4. The van der Waals surface area contributed by atoms with Crippen molar-refractivity contribution in [2.24, 2.45) is 0 Å². The standard InChI is InChI=1S/C27H31ClN4O2/c1-4-16-31(23-14-17-30(18-15-23)26(33)21-8-6-5-7-9-21)27(34)22-10-12-24(13-11-22)32-20(3)25(28)19(2)29-32/h5-13,23H,4,14-18H2,1-3H3. The first-order valence-corrected chi connectivity index (χ1v) is 12.3. The Morgan fingerprint density at radius 1 is 1.00 bits per heavy atom. The van der Waals surface area contributed by atoms with Gasteiger partial charge in [-0.2, -0.15) is 5.10 Å². The van der Waals surface area contributed by atoms with E-state index in [1.165, 1.54) is 0 Å². The van der Waals surface area contributed by atoms with Crippen molar-refractivity contribution < 1.29 is 9.59 Å². The summed E-state index contributed by atoms with van der Waals surface area (Å²) in [6, 6.07) is 17.1. The third-order valence-electron chi connectivity index (χ3n) is 6.50. The topological polar surface area (TPSA) is 58.4 Å². The predicted molar refractivity (Wildman–Crippen MR) is 135 cm³/mol. The zero-order valence-electron chi connectivity index (χ0n) is 20.0. The minimum Gasteiger partial charge on any atom is -0.338 e. The van der Waals surface area contributed by atoms with Gasteiger partial charge in [-0.15, -0.1) is 0 Å². The van der Waals surface area contributed by atoms with Crippen molar-refractivity contribution >= 4 is 23.4 Å². The smallest absolute Gasteiger partial charge is 0.254 e. The van der Waals surface area contributed by atoms with Crippen LogP contribution < -0.4 is 0 Å². The number of benzene rings is 2. The minimum absolute atomic E-state index is 0.0348. The molecular weight excluding hydrogens is 448 g/mol. The number of carbonyl (C=O) groups excluding carboxylic acids is 2. The van der Waals surface area contributed by atoms with Gasteiger partial charge in [-0.1, -0.05) is 36.7 Å². The molecule has 0 bridgehead atoms. The maximum atomic E-state index is 13.4. The lowest BCUT2D eigenvalue weighted by Crippen LogP contribution is -2.49. The SMILES string of the molecule is CCCN(C(=O)c1ccc(-n2nc(C)c(Cl)c2C)cc1)C1CCN(C(=O)c2ccccc2)CC1. The molecule has 1 aliphatic rings. The number of hydrogen-bond acceptors (Lipinski definition) is 3. The van der Waals surface area contributed by atoms with E-state index < -0.39 is 0 Å². The second-order valence-electron chi connectivity index (χ2n) is 8.83. The van der Waals surface area contributed by atoms with E-state index in [9.17, 15) is 9.59 Å². The Hall–Kier alpha value is -3.12. The molecule has 6 nitrogen and oxygen atoms in total. The van der Waals surface area contributed by atoms with Gasteiger partial charge in [0.1, 0.15) is 0 Å². The molecule has 2 heterocycles. The summed E-state index contributed by atoms with van der Waals surface area (Å²) >= 11 is 6.29. The molecule has 1 aromatic heterocycles. The van der Waals surface area contributed by atoms with E-state index >= 15 is 0 Å². The maximum Gasteiger partial charge on any atom is 0.254 e. The molecule has 7 heteroatoms. The van der Waals surface area contributed by atoms with E-state index in [0.717, 1.165) is 36.3 Å². The average molecular weight is 479 g/mol. The van der Waals surface area contributed by atoms with Crippen LogP contribution >= 0.6 is 11.6 Å². The van der Waals surface area contributed by atoms with E-state index in [1.54, 1.807) is 4.68 Å². The van der Waals surface area contributed by atoms with E-state index in [-0.39, 0.29) is 17.9 Å². The van der Waals surface area contributed by atoms with Gasteiger partial charge in [-0.25, -0.2) is 4.68 Å². The van der Waals surface area contributed by atoms with Crippen LogP contribution in [0.3, 0.4) is 0 Å². The van der Waals surface area contributed by atoms with Crippen LogP contribution in [0.2, 0.25) is 5.02 Å². The Morgan fingerprint density at radius 2 is 1.65 bits per heavy atom. The van der Waals surface area contributed by atoms with Crippen molar-refractivity contribution in [3.8, 4) is 5.69 Å². The number of likely N-dealkylation sites (tertiary alicyclic amines) is 1. The highest BCUT2D eigenvalue weighted by Crippen LogP contribution is 2.24. The van der Waals surface area contributed by atoms with Gasteiger partial charge in [-0.05, 0) is 69.5 Å². The summed E-state index contributed by atoms with van der Waals surface area (Å²) in [6.07, 6.45) is 2.45. The van der Waals surface area contributed by atoms with Gasteiger partial charge in [-0.3, -0.25) is 9.59 Å². The number of carbonyl (C=O) groups is 2. The van der Waals surface area contributed by atoms with Gasteiger partial charge >= 0.3 is 0 Å². The number of amides is 2. The zero-order chi connectivity index (χ0) is 24.2. The molecule has 1 fully saturated rings. The van der Waals surface area contributed by atoms with E-state index in [2.05, 4.69) is 12.0 Å².